The van der Waals surface area contributed by atoms with Crippen LogP contribution in [0.15, 0.2) is 47.4 Å². The van der Waals surface area contributed by atoms with Crippen molar-refractivity contribution in [3.05, 3.63) is 53.1 Å². The molecule has 0 heterocycles. The minimum absolute atomic E-state index is 0.0257. The van der Waals surface area contributed by atoms with Gasteiger partial charge in [-0.3, -0.25) is 4.79 Å². The van der Waals surface area contributed by atoms with Crippen molar-refractivity contribution in [1.29, 1.82) is 0 Å². The quantitative estimate of drug-likeness (QED) is 0.707. The van der Waals surface area contributed by atoms with E-state index >= 15 is 0 Å². The fourth-order valence-corrected chi connectivity index (χ4v) is 3.31. The molecule has 2 rings (SSSR count). The number of ether oxygens (including phenoxy) is 2. The third-order valence-corrected chi connectivity index (χ3v) is 5.13. The summed E-state index contributed by atoms with van der Waals surface area (Å²) in [7, 11) is 3.19. The van der Waals surface area contributed by atoms with Gasteiger partial charge in [0.15, 0.2) is 11.5 Å². The number of methoxy groups -OCH3 is 2. The van der Waals surface area contributed by atoms with Crippen molar-refractivity contribution in [2.45, 2.75) is 30.0 Å². The van der Waals surface area contributed by atoms with E-state index in [2.05, 4.69) is 5.32 Å². The predicted octanol–water partition coefficient (Wildman–Crippen LogP) is 4.72. The van der Waals surface area contributed by atoms with Gasteiger partial charge in [-0.05, 0) is 55.8 Å². The Labute approximate surface area is 157 Å². The molecule has 25 heavy (non-hydrogen) atoms. The molecule has 2 aromatic carbocycles. The van der Waals surface area contributed by atoms with Crippen LogP contribution in [-0.4, -0.2) is 25.4 Å². The number of hydrogen-bond donors (Lipinski definition) is 1. The third kappa shape index (κ3) is 5.31. The summed E-state index contributed by atoms with van der Waals surface area (Å²) in [6, 6.07) is 13.0. The topological polar surface area (TPSA) is 47.6 Å². The molecule has 1 N–H and O–H groups in total. The molecule has 0 fully saturated rings. The van der Waals surface area contributed by atoms with Gasteiger partial charge in [-0.2, -0.15) is 0 Å². The first-order chi connectivity index (χ1) is 11.9. The van der Waals surface area contributed by atoms with E-state index in [1.165, 1.54) is 11.8 Å². The molecule has 0 aromatic heterocycles. The maximum absolute atomic E-state index is 12.5. The van der Waals surface area contributed by atoms with E-state index < -0.39 is 0 Å². The first kappa shape index (κ1) is 19.5. The molecule has 0 aliphatic rings. The van der Waals surface area contributed by atoms with Gasteiger partial charge >= 0.3 is 0 Å². The zero-order valence-electron chi connectivity index (χ0n) is 14.7. The van der Waals surface area contributed by atoms with E-state index in [0.717, 1.165) is 10.5 Å². The number of hydrogen-bond acceptors (Lipinski definition) is 4. The van der Waals surface area contributed by atoms with Crippen molar-refractivity contribution in [1.82, 2.24) is 5.32 Å². The Morgan fingerprint density at radius 2 is 1.68 bits per heavy atom. The van der Waals surface area contributed by atoms with Crippen LogP contribution in [0.25, 0.3) is 0 Å². The van der Waals surface area contributed by atoms with Crippen LogP contribution in [-0.2, 0) is 4.79 Å². The SMILES string of the molecule is COc1ccc([C@H](C)NC(=O)[C@H](C)Sc2ccc(Cl)cc2)cc1OC. The van der Waals surface area contributed by atoms with Gasteiger partial charge in [0.25, 0.3) is 0 Å². The molecular weight excluding hydrogens is 358 g/mol. The third-order valence-electron chi connectivity index (χ3n) is 3.76. The van der Waals surface area contributed by atoms with E-state index in [-0.39, 0.29) is 17.2 Å². The molecular formula is C19H22ClNO3S. The van der Waals surface area contributed by atoms with Crippen molar-refractivity contribution >= 4 is 29.3 Å². The average Bonchev–Trinajstić information content (AvgIpc) is 2.62. The van der Waals surface area contributed by atoms with Crippen molar-refractivity contribution in [2.75, 3.05) is 14.2 Å². The molecule has 4 nitrogen and oxygen atoms in total. The molecule has 0 saturated carbocycles. The number of rotatable bonds is 7. The van der Waals surface area contributed by atoms with Gasteiger partial charge in [-0.25, -0.2) is 0 Å². The molecule has 0 unspecified atom stereocenters. The highest BCUT2D eigenvalue weighted by molar-refractivity contribution is 8.00. The van der Waals surface area contributed by atoms with Gasteiger partial charge in [0, 0.05) is 9.92 Å². The molecule has 2 atom stereocenters. The Hall–Kier alpha value is -1.85. The van der Waals surface area contributed by atoms with E-state index in [4.69, 9.17) is 21.1 Å². The van der Waals surface area contributed by atoms with Gasteiger partial charge < -0.3 is 14.8 Å². The number of carbonyl (C=O) groups is 1. The average molecular weight is 380 g/mol. The maximum Gasteiger partial charge on any atom is 0.233 e. The van der Waals surface area contributed by atoms with Crippen LogP contribution in [0.3, 0.4) is 0 Å². The number of amides is 1. The smallest absolute Gasteiger partial charge is 0.233 e. The molecule has 0 bridgehead atoms. The Kier molecular flexibility index (Phi) is 7.02. The Morgan fingerprint density at radius 3 is 2.28 bits per heavy atom. The maximum atomic E-state index is 12.5. The van der Waals surface area contributed by atoms with Gasteiger partial charge in [-0.15, -0.1) is 11.8 Å². The largest absolute Gasteiger partial charge is 0.493 e. The second kappa shape index (κ2) is 9.02. The summed E-state index contributed by atoms with van der Waals surface area (Å²) < 4.78 is 10.6. The lowest BCUT2D eigenvalue weighted by atomic mass is 10.1. The van der Waals surface area contributed by atoms with E-state index in [1.807, 2.05) is 56.3 Å². The zero-order chi connectivity index (χ0) is 18.4. The first-order valence-corrected chi connectivity index (χ1v) is 9.15. The molecule has 1 amide bonds. The van der Waals surface area contributed by atoms with Gasteiger partial charge in [-0.1, -0.05) is 17.7 Å². The second-order valence-corrected chi connectivity index (χ2v) is 7.41. The lowest BCUT2D eigenvalue weighted by molar-refractivity contribution is -0.120. The zero-order valence-corrected chi connectivity index (χ0v) is 16.3. The summed E-state index contributed by atoms with van der Waals surface area (Å²) in [5.74, 6) is 1.28. The number of carbonyl (C=O) groups excluding carboxylic acids is 1. The number of nitrogens with one attached hydrogen (secondary N) is 1. The van der Waals surface area contributed by atoms with Crippen LogP contribution < -0.4 is 14.8 Å². The summed E-state index contributed by atoms with van der Waals surface area (Å²) >= 11 is 7.38. The van der Waals surface area contributed by atoms with E-state index in [1.54, 1.807) is 14.2 Å². The van der Waals surface area contributed by atoms with E-state index in [9.17, 15) is 4.79 Å². The second-order valence-electron chi connectivity index (χ2n) is 5.56. The molecule has 0 aliphatic heterocycles. The number of benzene rings is 2. The van der Waals surface area contributed by atoms with Crippen molar-refractivity contribution in [3.8, 4) is 11.5 Å². The summed E-state index contributed by atoms with van der Waals surface area (Å²) in [5, 5.41) is 3.50. The van der Waals surface area contributed by atoms with Crippen LogP contribution in [0.1, 0.15) is 25.5 Å². The molecule has 0 radical (unpaired) electrons. The predicted molar refractivity (Wildman–Crippen MR) is 103 cm³/mol. The summed E-state index contributed by atoms with van der Waals surface area (Å²) in [6.45, 7) is 3.83. The molecule has 0 saturated heterocycles. The fourth-order valence-electron chi connectivity index (χ4n) is 2.31. The summed E-state index contributed by atoms with van der Waals surface area (Å²) in [4.78, 5) is 13.5. The van der Waals surface area contributed by atoms with Crippen LogP contribution in [0.2, 0.25) is 5.02 Å². The summed E-state index contributed by atoms with van der Waals surface area (Å²) in [6.07, 6.45) is 0. The highest BCUT2D eigenvalue weighted by atomic mass is 35.5. The summed E-state index contributed by atoms with van der Waals surface area (Å²) in [5.41, 5.74) is 0.953. The number of thioether (sulfide) groups is 1. The van der Waals surface area contributed by atoms with Crippen molar-refractivity contribution in [2.24, 2.45) is 0 Å². The Balaban J connectivity index is 2.00. The minimum Gasteiger partial charge on any atom is -0.493 e. The molecule has 134 valence electrons. The molecule has 0 spiro atoms. The lowest BCUT2D eigenvalue weighted by Crippen LogP contribution is -2.33. The standard InChI is InChI=1S/C19H22ClNO3S/c1-12(14-5-10-17(23-3)18(11-14)24-4)21-19(22)13(2)25-16-8-6-15(20)7-9-16/h5-13H,1-4H3,(H,21,22)/t12-,13-/m0/s1. The first-order valence-electron chi connectivity index (χ1n) is 7.89. The highest BCUT2D eigenvalue weighted by Crippen LogP contribution is 2.30. The van der Waals surface area contributed by atoms with Crippen LogP contribution in [0.4, 0.5) is 0 Å². The van der Waals surface area contributed by atoms with E-state index in [0.29, 0.717) is 16.5 Å². The van der Waals surface area contributed by atoms with Crippen LogP contribution in [0.5, 0.6) is 11.5 Å². The van der Waals surface area contributed by atoms with Gasteiger partial charge in [0.05, 0.1) is 25.5 Å². The van der Waals surface area contributed by atoms with Crippen molar-refractivity contribution in [3.63, 3.8) is 0 Å². The molecule has 6 heteroatoms. The molecule has 0 aliphatic carbocycles. The molecule has 2 aromatic rings. The van der Waals surface area contributed by atoms with Crippen LogP contribution in [0, 0.1) is 0 Å². The Bertz CT molecular complexity index is 721. The minimum atomic E-state index is -0.219. The number of halogens is 1. The van der Waals surface area contributed by atoms with Gasteiger partial charge in [0.2, 0.25) is 5.91 Å². The normalized spacial score (nSPS) is 13.0. The monoisotopic (exact) mass is 379 g/mol. The lowest BCUT2D eigenvalue weighted by Gasteiger charge is -2.19. The fraction of sp³-hybridized carbons (Fsp3) is 0.316. The van der Waals surface area contributed by atoms with Gasteiger partial charge in [0.1, 0.15) is 0 Å². The van der Waals surface area contributed by atoms with Crippen LogP contribution >= 0.6 is 23.4 Å². The van der Waals surface area contributed by atoms with Crippen molar-refractivity contribution < 1.29 is 14.3 Å². The highest BCUT2D eigenvalue weighted by Gasteiger charge is 2.18. The Morgan fingerprint density at radius 1 is 1.04 bits per heavy atom.